The maximum Gasteiger partial charge on any atom is 0.258 e. The Bertz CT molecular complexity index is 1510. The molecule has 2 saturated heterocycles. The van der Waals surface area contributed by atoms with Gasteiger partial charge < -0.3 is 29.9 Å². The number of nitrogens with zero attached hydrogens (tertiary/aromatic N) is 3. The molecule has 2 aliphatic heterocycles. The van der Waals surface area contributed by atoms with Gasteiger partial charge in [-0.15, -0.1) is 0 Å². The second-order valence-corrected chi connectivity index (χ2v) is 10.7. The highest BCUT2D eigenvalue weighted by molar-refractivity contribution is 6.11. The molecule has 2 aliphatic rings. The number of anilines is 3. The molecule has 0 atom stereocenters. The van der Waals surface area contributed by atoms with Crippen molar-refractivity contribution in [3.8, 4) is 5.75 Å². The fourth-order valence-corrected chi connectivity index (χ4v) is 5.32. The number of aromatic amines is 1. The number of fused-ring (bicyclic) bond motifs is 1. The Balaban J connectivity index is 1.22. The Kier molecular flexibility index (Phi) is 8.02. The third kappa shape index (κ3) is 6.44. The van der Waals surface area contributed by atoms with Gasteiger partial charge in [0.2, 0.25) is 0 Å². The molecule has 1 aromatic heterocycles. The molecule has 0 unspecified atom stereocenters. The maximum absolute atomic E-state index is 13.7. The minimum absolute atomic E-state index is 0.226. The van der Waals surface area contributed by atoms with Crippen LogP contribution < -0.4 is 20.3 Å². The van der Waals surface area contributed by atoms with Crippen LogP contribution in [0.3, 0.4) is 0 Å². The van der Waals surface area contributed by atoms with Crippen LogP contribution in [0.5, 0.6) is 5.75 Å². The minimum Gasteiger partial charge on any atom is -0.489 e. The summed E-state index contributed by atoms with van der Waals surface area (Å²) in [5.41, 5.74) is 3.98. The number of aromatic nitrogens is 2. The number of hydrogen-bond acceptors (Lipinski definition) is 7. The molecule has 2 fully saturated rings. The summed E-state index contributed by atoms with van der Waals surface area (Å²) in [4.78, 5) is 18.3. The summed E-state index contributed by atoms with van der Waals surface area (Å²) in [5, 5.41) is 14.7. The first-order valence-electron chi connectivity index (χ1n) is 14.1. The van der Waals surface area contributed by atoms with E-state index in [2.05, 4.69) is 43.7 Å². The highest BCUT2D eigenvalue weighted by Gasteiger charge is 2.22. The second kappa shape index (κ2) is 12.2. The number of benzene rings is 3. The summed E-state index contributed by atoms with van der Waals surface area (Å²) in [5.74, 6) is 0.464. The van der Waals surface area contributed by atoms with Gasteiger partial charge in [-0.25, -0.2) is 4.39 Å². The first-order valence-corrected chi connectivity index (χ1v) is 14.1. The van der Waals surface area contributed by atoms with E-state index in [1.54, 1.807) is 6.07 Å². The zero-order valence-electron chi connectivity index (χ0n) is 23.2. The summed E-state index contributed by atoms with van der Waals surface area (Å²) < 4.78 is 25.0. The smallest absolute Gasteiger partial charge is 0.258 e. The van der Waals surface area contributed by atoms with Crippen molar-refractivity contribution in [2.45, 2.75) is 25.5 Å². The molecule has 0 radical (unpaired) electrons. The summed E-state index contributed by atoms with van der Waals surface area (Å²) in [6, 6.07) is 18.1. The minimum atomic E-state index is -0.302. The van der Waals surface area contributed by atoms with E-state index >= 15 is 0 Å². The van der Waals surface area contributed by atoms with Gasteiger partial charge in [-0.2, -0.15) is 5.10 Å². The number of nitrogens with one attached hydrogen (secondary N) is 3. The van der Waals surface area contributed by atoms with Crippen LogP contribution >= 0.6 is 0 Å². The molecule has 3 aromatic carbocycles. The Morgan fingerprint density at radius 2 is 1.90 bits per heavy atom. The number of amides is 1. The predicted molar refractivity (Wildman–Crippen MR) is 158 cm³/mol. The van der Waals surface area contributed by atoms with Crippen molar-refractivity contribution < 1.29 is 18.7 Å². The van der Waals surface area contributed by atoms with Crippen LogP contribution in [-0.4, -0.2) is 73.5 Å². The molecule has 6 rings (SSSR count). The van der Waals surface area contributed by atoms with Crippen molar-refractivity contribution in [1.82, 2.24) is 15.1 Å². The molecule has 9 nitrogen and oxygen atoms in total. The first kappa shape index (κ1) is 27.0. The third-order valence-corrected chi connectivity index (χ3v) is 7.76. The van der Waals surface area contributed by atoms with Gasteiger partial charge in [-0.3, -0.25) is 9.89 Å². The van der Waals surface area contributed by atoms with E-state index in [-0.39, 0.29) is 24.4 Å². The van der Waals surface area contributed by atoms with Crippen molar-refractivity contribution in [3.05, 3.63) is 77.6 Å². The highest BCUT2D eigenvalue weighted by Crippen LogP contribution is 2.30. The number of carbonyl (C=O) groups excluding carboxylic acids is 1. The number of carbonyl (C=O) groups is 1. The van der Waals surface area contributed by atoms with Gasteiger partial charge >= 0.3 is 0 Å². The number of halogens is 1. The molecule has 41 heavy (non-hydrogen) atoms. The number of H-pyrrole nitrogens is 1. The van der Waals surface area contributed by atoms with E-state index in [1.807, 2.05) is 36.4 Å². The van der Waals surface area contributed by atoms with Gasteiger partial charge in [0.05, 0.1) is 11.1 Å². The largest absolute Gasteiger partial charge is 0.489 e. The van der Waals surface area contributed by atoms with Crippen LogP contribution in [0.15, 0.2) is 60.7 Å². The lowest BCUT2D eigenvalue weighted by atomic mass is 10.1. The Labute approximate surface area is 238 Å². The number of ether oxygens (including phenoxy) is 2. The second-order valence-electron chi connectivity index (χ2n) is 10.7. The summed E-state index contributed by atoms with van der Waals surface area (Å²) >= 11 is 0. The van der Waals surface area contributed by atoms with Crippen LogP contribution in [0.25, 0.3) is 10.9 Å². The molecular weight excluding hydrogens is 523 g/mol. The first-order chi connectivity index (χ1) is 20.0. The zero-order chi connectivity index (χ0) is 28.2. The van der Waals surface area contributed by atoms with Gasteiger partial charge in [0.15, 0.2) is 5.82 Å². The SMILES string of the molecule is CN1CCN(c2ccc(C(=O)Nc3n[nH]c4ccc(OCc5cccc(F)c5)cc34)c(NC3CCOCC3)c2)CC1. The fraction of sp³-hybridized carbons (Fsp3) is 0.355. The van der Waals surface area contributed by atoms with E-state index < -0.39 is 0 Å². The lowest BCUT2D eigenvalue weighted by Gasteiger charge is -2.34. The van der Waals surface area contributed by atoms with Crippen LogP contribution in [0.4, 0.5) is 21.6 Å². The van der Waals surface area contributed by atoms with Gasteiger partial charge in [0, 0.05) is 62.2 Å². The Morgan fingerprint density at radius 3 is 2.71 bits per heavy atom. The quantitative estimate of drug-likeness (QED) is 0.284. The van der Waals surface area contributed by atoms with Crippen molar-refractivity contribution >= 4 is 34.0 Å². The molecule has 0 aliphatic carbocycles. The van der Waals surface area contributed by atoms with Gasteiger partial charge in [0.25, 0.3) is 5.91 Å². The summed E-state index contributed by atoms with van der Waals surface area (Å²) in [7, 11) is 2.14. The van der Waals surface area contributed by atoms with Gasteiger partial charge in [-0.1, -0.05) is 12.1 Å². The van der Waals surface area contributed by atoms with Crippen LogP contribution in [0.1, 0.15) is 28.8 Å². The molecule has 10 heteroatoms. The maximum atomic E-state index is 13.7. The van der Waals surface area contributed by atoms with Crippen molar-refractivity contribution in [2.24, 2.45) is 0 Å². The number of piperazine rings is 1. The van der Waals surface area contributed by atoms with Crippen LogP contribution in [0, 0.1) is 5.82 Å². The van der Waals surface area contributed by atoms with E-state index in [0.717, 1.165) is 66.9 Å². The summed E-state index contributed by atoms with van der Waals surface area (Å²) in [6.45, 7) is 5.55. The van der Waals surface area contributed by atoms with Crippen LogP contribution in [0.2, 0.25) is 0 Å². The molecule has 214 valence electrons. The Morgan fingerprint density at radius 1 is 1.07 bits per heavy atom. The third-order valence-electron chi connectivity index (χ3n) is 7.76. The van der Waals surface area contributed by atoms with Gasteiger partial charge in [0.1, 0.15) is 18.2 Å². The van der Waals surface area contributed by atoms with Crippen molar-refractivity contribution in [2.75, 3.05) is 62.0 Å². The molecular formula is C31H35FN6O3. The molecule has 1 amide bonds. The number of hydrogen-bond donors (Lipinski definition) is 3. The van der Waals surface area contributed by atoms with E-state index in [1.165, 1.54) is 12.1 Å². The lowest BCUT2D eigenvalue weighted by molar-refractivity contribution is 0.0904. The standard InChI is InChI=1S/C31H35FN6O3/c1-37-11-13-38(14-12-37)24-5-7-26(29(18-24)33-23-9-15-40-16-10-23)31(39)34-30-27-19-25(6-8-28(27)35-36-30)41-20-21-3-2-4-22(32)17-21/h2-8,17-19,23,33H,9-16,20H2,1H3,(H2,34,35,36,39). The average molecular weight is 559 g/mol. The number of rotatable bonds is 8. The Hall–Kier alpha value is -4.15. The molecule has 3 heterocycles. The molecule has 4 aromatic rings. The molecule has 0 spiro atoms. The number of likely N-dealkylation sites (N-methyl/N-ethyl adjacent to an activating group) is 1. The highest BCUT2D eigenvalue weighted by atomic mass is 19.1. The normalized spacial score (nSPS) is 16.6. The average Bonchev–Trinajstić information content (AvgIpc) is 3.38. The molecule has 3 N–H and O–H groups in total. The zero-order valence-corrected chi connectivity index (χ0v) is 23.2. The van der Waals surface area contributed by atoms with Crippen molar-refractivity contribution in [3.63, 3.8) is 0 Å². The van der Waals surface area contributed by atoms with E-state index in [9.17, 15) is 9.18 Å². The van der Waals surface area contributed by atoms with Crippen molar-refractivity contribution in [1.29, 1.82) is 0 Å². The lowest BCUT2D eigenvalue weighted by Crippen LogP contribution is -2.44. The molecule has 0 bridgehead atoms. The van der Waals surface area contributed by atoms with E-state index in [0.29, 0.717) is 30.3 Å². The van der Waals surface area contributed by atoms with Gasteiger partial charge in [-0.05, 0) is 74.0 Å². The summed E-state index contributed by atoms with van der Waals surface area (Å²) in [6.07, 6.45) is 1.78. The molecule has 0 saturated carbocycles. The fourth-order valence-electron chi connectivity index (χ4n) is 5.32. The predicted octanol–water partition coefficient (Wildman–Crippen LogP) is 4.88. The topological polar surface area (TPSA) is 94.8 Å². The van der Waals surface area contributed by atoms with Crippen LogP contribution in [-0.2, 0) is 11.3 Å². The van der Waals surface area contributed by atoms with E-state index in [4.69, 9.17) is 9.47 Å². The monoisotopic (exact) mass is 558 g/mol.